The van der Waals surface area contributed by atoms with E-state index in [-0.39, 0.29) is 11.8 Å². The Morgan fingerprint density at radius 2 is 2.08 bits per heavy atom. The summed E-state index contributed by atoms with van der Waals surface area (Å²) in [5.41, 5.74) is 7.71. The summed E-state index contributed by atoms with van der Waals surface area (Å²) < 4.78 is 0. The Morgan fingerprint density at radius 1 is 1.46 bits per heavy atom. The van der Waals surface area contributed by atoms with E-state index in [2.05, 4.69) is 0 Å². The van der Waals surface area contributed by atoms with Gasteiger partial charge in [0, 0.05) is 6.42 Å². The van der Waals surface area contributed by atoms with E-state index in [9.17, 15) is 4.79 Å². The molecular weight excluding hydrogens is 162 g/mol. The zero-order chi connectivity index (χ0) is 9.84. The summed E-state index contributed by atoms with van der Waals surface area (Å²) in [6.45, 7) is 3.73. The van der Waals surface area contributed by atoms with Gasteiger partial charge < -0.3 is 5.73 Å². The Balaban J connectivity index is 2.75. The average Bonchev–Trinajstić information content (AvgIpc) is 2.08. The Hall–Kier alpha value is -1.15. The molecule has 0 radical (unpaired) electrons. The highest BCUT2D eigenvalue weighted by molar-refractivity contribution is 5.85. The molecule has 2 N–H and O–H groups in total. The smallest absolute Gasteiger partial charge is 0.153 e. The minimum Gasteiger partial charge on any atom is -0.322 e. The van der Waals surface area contributed by atoms with Crippen LogP contribution in [0, 0.1) is 6.92 Å². The molecule has 1 rings (SSSR count). The number of Topliss-reactive ketones (excluding diaryl/α,β-unsaturated/α-hetero) is 1. The predicted octanol–water partition coefficient (Wildman–Crippen LogP) is 1.45. The largest absolute Gasteiger partial charge is 0.322 e. The first-order valence-electron chi connectivity index (χ1n) is 4.44. The molecule has 2 nitrogen and oxygen atoms in total. The second-order valence-electron chi connectivity index (χ2n) is 3.36. The minimum atomic E-state index is -0.361. The van der Waals surface area contributed by atoms with E-state index in [1.807, 2.05) is 31.2 Å². The van der Waals surface area contributed by atoms with Crippen LogP contribution in [0.4, 0.5) is 0 Å². The summed E-state index contributed by atoms with van der Waals surface area (Å²) in [5.74, 6) is 0.0919. The maximum atomic E-state index is 11.3. The maximum absolute atomic E-state index is 11.3. The van der Waals surface area contributed by atoms with E-state index in [1.165, 1.54) is 0 Å². The molecule has 0 aliphatic rings. The van der Waals surface area contributed by atoms with E-state index in [0.29, 0.717) is 6.42 Å². The van der Waals surface area contributed by atoms with Crippen LogP contribution in [0.1, 0.15) is 18.1 Å². The molecule has 0 bridgehead atoms. The lowest BCUT2D eigenvalue weighted by Crippen LogP contribution is -2.28. The van der Waals surface area contributed by atoms with Crippen molar-refractivity contribution in [2.75, 3.05) is 0 Å². The van der Waals surface area contributed by atoms with Crippen LogP contribution in [0.15, 0.2) is 24.3 Å². The molecular formula is C11H15NO. The monoisotopic (exact) mass is 177 g/mol. The molecule has 0 saturated heterocycles. The Bertz CT molecular complexity index is 305. The van der Waals surface area contributed by atoms with Gasteiger partial charge in [-0.25, -0.2) is 0 Å². The molecule has 70 valence electrons. The number of ketones is 1. The van der Waals surface area contributed by atoms with Crippen LogP contribution < -0.4 is 5.73 Å². The van der Waals surface area contributed by atoms with Gasteiger partial charge in [-0.05, 0) is 25.0 Å². The standard InChI is InChI=1S/C11H15NO/c1-8-5-3-4-6-10(8)7-11(13)9(2)12/h3-6,9H,7,12H2,1-2H3. The molecule has 2 heteroatoms. The van der Waals surface area contributed by atoms with E-state index in [1.54, 1.807) is 6.92 Å². The first-order valence-corrected chi connectivity index (χ1v) is 4.44. The van der Waals surface area contributed by atoms with Gasteiger partial charge in [-0.1, -0.05) is 24.3 Å². The van der Waals surface area contributed by atoms with Crippen molar-refractivity contribution in [2.45, 2.75) is 26.3 Å². The first-order chi connectivity index (χ1) is 6.11. The van der Waals surface area contributed by atoms with Gasteiger partial charge in [-0.3, -0.25) is 4.79 Å². The van der Waals surface area contributed by atoms with Crippen LogP contribution >= 0.6 is 0 Å². The van der Waals surface area contributed by atoms with Gasteiger partial charge in [0.15, 0.2) is 5.78 Å². The van der Waals surface area contributed by atoms with Crippen molar-refractivity contribution in [3.8, 4) is 0 Å². The summed E-state index contributed by atoms with van der Waals surface area (Å²) >= 11 is 0. The molecule has 1 aromatic rings. The van der Waals surface area contributed by atoms with Crippen LogP contribution in [0.3, 0.4) is 0 Å². The van der Waals surface area contributed by atoms with Crippen molar-refractivity contribution in [3.63, 3.8) is 0 Å². The van der Waals surface area contributed by atoms with Crippen LogP contribution in [-0.2, 0) is 11.2 Å². The second kappa shape index (κ2) is 4.19. The normalized spacial score (nSPS) is 12.5. The summed E-state index contributed by atoms with van der Waals surface area (Å²) in [4.78, 5) is 11.3. The van der Waals surface area contributed by atoms with Crippen molar-refractivity contribution < 1.29 is 4.79 Å². The highest BCUT2D eigenvalue weighted by atomic mass is 16.1. The molecule has 13 heavy (non-hydrogen) atoms. The Labute approximate surface area is 78.8 Å². The quantitative estimate of drug-likeness (QED) is 0.759. The van der Waals surface area contributed by atoms with E-state index < -0.39 is 0 Å². The number of carbonyl (C=O) groups excluding carboxylic acids is 1. The molecule has 1 unspecified atom stereocenters. The fraction of sp³-hybridized carbons (Fsp3) is 0.364. The summed E-state index contributed by atoms with van der Waals surface area (Å²) in [5, 5.41) is 0. The topological polar surface area (TPSA) is 43.1 Å². The molecule has 0 amide bonds. The highest BCUT2D eigenvalue weighted by Crippen LogP contribution is 2.08. The van der Waals surface area contributed by atoms with Crippen LogP contribution in [-0.4, -0.2) is 11.8 Å². The number of carbonyl (C=O) groups is 1. The average molecular weight is 177 g/mol. The molecule has 0 aromatic heterocycles. The van der Waals surface area contributed by atoms with Crippen molar-refractivity contribution in [2.24, 2.45) is 5.73 Å². The number of nitrogens with two attached hydrogens (primary N) is 1. The van der Waals surface area contributed by atoms with Crippen LogP contribution in [0.5, 0.6) is 0 Å². The lowest BCUT2D eigenvalue weighted by atomic mass is 10.0. The third kappa shape index (κ3) is 2.67. The van der Waals surface area contributed by atoms with Gasteiger partial charge in [0.05, 0.1) is 6.04 Å². The van der Waals surface area contributed by atoms with Gasteiger partial charge in [0.25, 0.3) is 0 Å². The highest BCUT2D eigenvalue weighted by Gasteiger charge is 2.09. The lowest BCUT2D eigenvalue weighted by Gasteiger charge is -2.06. The summed E-state index contributed by atoms with van der Waals surface area (Å²) in [7, 11) is 0. The molecule has 0 heterocycles. The van der Waals surface area contributed by atoms with Gasteiger partial charge in [-0.2, -0.15) is 0 Å². The molecule has 0 saturated carbocycles. The fourth-order valence-electron chi connectivity index (χ4n) is 1.16. The molecule has 1 aromatic carbocycles. The SMILES string of the molecule is Cc1ccccc1CC(=O)C(C)N. The van der Waals surface area contributed by atoms with Gasteiger partial charge in [0.2, 0.25) is 0 Å². The first kappa shape index (κ1) is 9.93. The minimum absolute atomic E-state index is 0.0919. The summed E-state index contributed by atoms with van der Waals surface area (Å²) in [6.07, 6.45) is 0.449. The molecule has 0 spiro atoms. The van der Waals surface area contributed by atoms with Crippen LogP contribution in [0.25, 0.3) is 0 Å². The van der Waals surface area contributed by atoms with E-state index in [0.717, 1.165) is 11.1 Å². The van der Waals surface area contributed by atoms with E-state index >= 15 is 0 Å². The van der Waals surface area contributed by atoms with E-state index in [4.69, 9.17) is 5.73 Å². The number of aryl methyl sites for hydroxylation is 1. The number of rotatable bonds is 3. The van der Waals surface area contributed by atoms with Gasteiger partial charge in [0.1, 0.15) is 0 Å². The Morgan fingerprint density at radius 3 is 2.62 bits per heavy atom. The zero-order valence-electron chi connectivity index (χ0n) is 8.08. The van der Waals surface area contributed by atoms with Crippen LogP contribution in [0.2, 0.25) is 0 Å². The molecule has 0 fully saturated rings. The summed E-state index contributed by atoms with van der Waals surface area (Å²) in [6, 6.07) is 7.52. The van der Waals surface area contributed by atoms with Crippen molar-refractivity contribution in [1.29, 1.82) is 0 Å². The second-order valence-corrected chi connectivity index (χ2v) is 3.36. The number of hydrogen-bond acceptors (Lipinski definition) is 2. The van der Waals surface area contributed by atoms with Crippen molar-refractivity contribution in [1.82, 2.24) is 0 Å². The third-order valence-corrected chi connectivity index (χ3v) is 2.13. The number of benzene rings is 1. The fourth-order valence-corrected chi connectivity index (χ4v) is 1.16. The number of hydrogen-bond donors (Lipinski definition) is 1. The van der Waals surface area contributed by atoms with Gasteiger partial charge in [-0.15, -0.1) is 0 Å². The molecule has 1 atom stereocenters. The third-order valence-electron chi connectivity index (χ3n) is 2.13. The zero-order valence-corrected chi connectivity index (χ0v) is 8.08. The molecule has 0 aliphatic heterocycles. The maximum Gasteiger partial charge on any atom is 0.153 e. The Kier molecular flexibility index (Phi) is 3.20. The lowest BCUT2D eigenvalue weighted by molar-refractivity contribution is -0.119. The molecule has 0 aliphatic carbocycles. The van der Waals surface area contributed by atoms with Crippen molar-refractivity contribution >= 4 is 5.78 Å². The van der Waals surface area contributed by atoms with Crippen molar-refractivity contribution in [3.05, 3.63) is 35.4 Å². The predicted molar refractivity (Wildman–Crippen MR) is 53.5 cm³/mol. The van der Waals surface area contributed by atoms with Gasteiger partial charge >= 0.3 is 0 Å².